The van der Waals surface area contributed by atoms with Crippen molar-refractivity contribution in [2.75, 3.05) is 6.26 Å². The first kappa shape index (κ1) is 13.8. The number of hydrogen-bond acceptors (Lipinski definition) is 4. The number of aryl methyl sites for hydroxylation is 2. The zero-order chi connectivity index (χ0) is 14.0. The van der Waals surface area contributed by atoms with E-state index in [0.29, 0.717) is 0 Å². The maximum Gasteiger partial charge on any atom is 0.264 e. The van der Waals surface area contributed by atoms with E-state index < -0.39 is 10.1 Å². The predicted octanol–water partition coefficient (Wildman–Crippen LogP) is 1.97. The second-order valence-electron chi connectivity index (χ2n) is 4.44. The fourth-order valence-corrected chi connectivity index (χ4v) is 2.23. The largest absolute Gasteiger partial charge is 0.303 e. The highest BCUT2D eigenvalue weighted by atomic mass is 32.2. The molecular formula is C13H16N2O3S. The summed E-state index contributed by atoms with van der Waals surface area (Å²) in [5, 5.41) is 0. The van der Waals surface area contributed by atoms with Crippen molar-refractivity contribution in [2.24, 2.45) is 0 Å². The maximum atomic E-state index is 11.0. The molecule has 0 saturated carbocycles. The summed E-state index contributed by atoms with van der Waals surface area (Å²) in [7, 11) is -3.43. The Morgan fingerprint density at radius 2 is 1.84 bits per heavy atom. The van der Waals surface area contributed by atoms with E-state index in [-0.39, 0.29) is 6.61 Å². The van der Waals surface area contributed by atoms with Gasteiger partial charge in [0.2, 0.25) is 0 Å². The molecule has 2 aromatic rings. The summed E-state index contributed by atoms with van der Waals surface area (Å²) in [6.07, 6.45) is 2.69. The van der Waals surface area contributed by atoms with Crippen LogP contribution in [0.2, 0.25) is 0 Å². The molecule has 0 aliphatic rings. The number of hydrogen-bond donors (Lipinski definition) is 0. The van der Waals surface area contributed by atoms with Gasteiger partial charge in [0.05, 0.1) is 12.9 Å². The molecule has 102 valence electrons. The first-order valence-corrected chi connectivity index (χ1v) is 7.63. The molecule has 0 N–H and O–H groups in total. The minimum absolute atomic E-state index is 0.0215. The molecule has 0 bridgehead atoms. The third kappa shape index (κ3) is 3.42. The van der Waals surface area contributed by atoms with Gasteiger partial charge < -0.3 is 4.57 Å². The van der Waals surface area contributed by atoms with Crippen LogP contribution in [-0.2, 0) is 20.9 Å². The van der Waals surface area contributed by atoms with Crippen LogP contribution in [0.3, 0.4) is 0 Å². The second-order valence-corrected chi connectivity index (χ2v) is 6.08. The van der Waals surface area contributed by atoms with Gasteiger partial charge in [-0.05, 0) is 43.7 Å². The van der Waals surface area contributed by atoms with Crippen LogP contribution in [0.4, 0.5) is 0 Å². The first-order chi connectivity index (χ1) is 8.87. The van der Waals surface area contributed by atoms with Crippen LogP contribution < -0.4 is 0 Å². The Balaban J connectivity index is 2.30. The number of rotatable bonds is 4. The Morgan fingerprint density at radius 3 is 2.42 bits per heavy atom. The average molecular weight is 280 g/mol. The minimum atomic E-state index is -3.43. The summed E-state index contributed by atoms with van der Waals surface area (Å²) in [6, 6.07) is 7.58. The van der Waals surface area contributed by atoms with E-state index >= 15 is 0 Å². The topological polar surface area (TPSA) is 61.2 Å². The van der Waals surface area contributed by atoms with Crippen LogP contribution in [0.25, 0.3) is 5.82 Å². The third-order valence-electron chi connectivity index (χ3n) is 2.75. The van der Waals surface area contributed by atoms with Gasteiger partial charge >= 0.3 is 0 Å². The number of aromatic nitrogens is 2. The van der Waals surface area contributed by atoms with Crippen LogP contribution in [0.5, 0.6) is 0 Å². The van der Waals surface area contributed by atoms with E-state index in [1.807, 2.05) is 36.6 Å². The van der Waals surface area contributed by atoms with Gasteiger partial charge in [-0.25, -0.2) is 4.98 Å². The van der Waals surface area contributed by atoms with Crippen molar-refractivity contribution >= 4 is 10.1 Å². The van der Waals surface area contributed by atoms with Crippen molar-refractivity contribution in [3.63, 3.8) is 0 Å². The lowest BCUT2D eigenvalue weighted by Gasteiger charge is -2.09. The summed E-state index contributed by atoms with van der Waals surface area (Å²) in [4.78, 5) is 4.31. The summed E-state index contributed by atoms with van der Waals surface area (Å²) in [5.74, 6) is 0.759. The van der Waals surface area contributed by atoms with Gasteiger partial charge in [-0.15, -0.1) is 0 Å². The molecule has 0 aromatic carbocycles. The molecule has 0 aliphatic carbocycles. The van der Waals surface area contributed by atoms with E-state index in [9.17, 15) is 8.42 Å². The van der Waals surface area contributed by atoms with E-state index in [1.54, 1.807) is 12.3 Å². The van der Waals surface area contributed by atoms with Gasteiger partial charge in [-0.2, -0.15) is 8.42 Å². The first-order valence-electron chi connectivity index (χ1n) is 5.81. The van der Waals surface area contributed by atoms with Crippen LogP contribution in [0, 0.1) is 13.8 Å². The van der Waals surface area contributed by atoms with Crippen LogP contribution in [0.1, 0.15) is 17.0 Å². The Labute approximate surface area is 113 Å². The zero-order valence-electron chi connectivity index (χ0n) is 11.1. The van der Waals surface area contributed by atoms with Gasteiger partial charge in [0.15, 0.2) is 0 Å². The highest BCUT2D eigenvalue weighted by Gasteiger charge is 2.07. The van der Waals surface area contributed by atoms with E-state index in [0.717, 1.165) is 29.0 Å². The minimum Gasteiger partial charge on any atom is -0.303 e. The highest BCUT2D eigenvalue weighted by Crippen LogP contribution is 2.15. The summed E-state index contributed by atoms with van der Waals surface area (Å²) in [5.41, 5.74) is 2.92. The van der Waals surface area contributed by atoms with Gasteiger partial charge in [0.25, 0.3) is 10.1 Å². The lowest BCUT2D eigenvalue weighted by Crippen LogP contribution is -2.05. The Morgan fingerprint density at radius 1 is 1.21 bits per heavy atom. The van der Waals surface area contributed by atoms with E-state index in [2.05, 4.69) is 4.98 Å². The summed E-state index contributed by atoms with van der Waals surface area (Å²) >= 11 is 0. The monoisotopic (exact) mass is 280 g/mol. The fourth-order valence-electron chi connectivity index (χ4n) is 1.88. The van der Waals surface area contributed by atoms with Crippen LogP contribution >= 0.6 is 0 Å². The lowest BCUT2D eigenvalue weighted by molar-refractivity contribution is 0.311. The van der Waals surface area contributed by atoms with Gasteiger partial charge in [-0.3, -0.25) is 4.18 Å². The molecule has 0 spiro atoms. The summed E-state index contributed by atoms with van der Waals surface area (Å²) < 4.78 is 28.8. The van der Waals surface area contributed by atoms with Crippen molar-refractivity contribution in [2.45, 2.75) is 20.5 Å². The SMILES string of the molecule is Cc1ccc(C)n1-c1cc(COS(C)(=O)=O)ccn1. The fraction of sp³-hybridized carbons (Fsp3) is 0.308. The average Bonchev–Trinajstić information content (AvgIpc) is 2.66. The van der Waals surface area contributed by atoms with Gasteiger partial charge in [-0.1, -0.05) is 0 Å². The number of nitrogens with zero attached hydrogens (tertiary/aromatic N) is 2. The van der Waals surface area contributed by atoms with Crippen molar-refractivity contribution in [3.8, 4) is 5.82 Å². The van der Waals surface area contributed by atoms with Crippen molar-refractivity contribution in [1.82, 2.24) is 9.55 Å². The molecule has 0 fully saturated rings. The maximum absolute atomic E-state index is 11.0. The van der Waals surface area contributed by atoms with Gasteiger partial charge in [0.1, 0.15) is 5.82 Å². The summed E-state index contributed by atoms with van der Waals surface area (Å²) in [6.45, 7) is 4.01. The third-order valence-corrected chi connectivity index (χ3v) is 3.30. The normalized spacial score (nSPS) is 11.7. The van der Waals surface area contributed by atoms with Crippen LogP contribution in [-0.4, -0.2) is 24.2 Å². The van der Waals surface area contributed by atoms with Crippen molar-refractivity contribution in [3.05, 3.63) is 47.4 Å². The van der Waals surface area contributed by atoms with E-state index in [1.165, 1.54) is 0 Å². The second kappa shape index (κ2) is 5.14. The molecule has 0 saturated heterocycles. The molecule has 19 heavy (non-hydrogen) atoms. The van der Waals surface area contributed by atoms with Gasteiger partial charge in [0, 0.05) is 17.6 Å². The molecule has 0 amide bonds. The number of pyridine rings is 1. The lowest BCUT2D eigenvalue weighted by atomic mass is 10.3. The molecule has 0 aliphatic heterocycles. The van der Waals surface area contributed by atoms with E-state index in [4.69, 9.17) is 4.18 Å². The molecule has 0 radical (unpaired) electrons. The van der Waals surface area contributed by atoms with Crippen molar-refractivity contribution < 1.29 is 12.6 Å². The Kier molecular flexibility index (Phi) is 3.73. The Hall–Kier alpha value is -1.66. The smallest absolute Gasteiger partial charge is 0.264 e. The molecule has 5 nitrogen and oxygen atoms in total. The zero-order valence-corrected chi connectivity index (χ0v) is 11.9. The van der Waals surface area contributed by atoms with Crippen molar-refractivity contribution in [1.29, 1.82) is 0 Å². The Bertz CT molecular complexity index is 670. The molecule has 2 rings (SSSR count). The molecule has 0 atom stereocenters. The predicted molar refractivity (Wildman–Crippen MR) is 72.7 cm³/mol. The highest BCUT2D eigenvalue weighted by molar-refractivity contribution is 7.85. The molecular weight excluding hydrogens is 264 g/mol. The molecule has 2 aromatic heterocycles. The van der Waals surface area contributed by atoms with Crippen LogP contribution in [0.15, 0.2) is 30.5 Å². The molecule has 2 heterocycles. The standard InChI is InChI=1S/C13H16N2O3S/c1-10-4-5-11(2)15(10)13-8-12(6-7-14-13)9-18-19(3,16)17/h4-8H,9H2,1-3H3. The molecule has 0 unspecified atom stereocenters. The molecule has 6 heteroatoms. The quantitative estimate of drug-likeness (QED) is 0.803.